The van der Waals surface area contributed by atoms with Crippen molar-refractivity contribution in [3.63, 3.8) is 0 Å². The van der Waals surface area contributed by atoms with Crippen molar-refractivity contribution >= 4 is 11.8 Å². The number of rotatable bonds is 3. The van der Waals surface area contributed by atoms with Gasteiger partial charge in [0.2, 0.25) is 0 Å². The summed E-state index contributed by atoms with van der Waals surface area (Å²) in [7, 11) is 0. The molecule has 0 unspecified atom stereocenters. The van der Waals surface area contributed by atoms with Crippen molar-refractivity contribution in [2.75, 3.05) is 5.75 Å². The number of phenolic OH excluding ortho intramolecular Hbond substituents is 1. The average molecular weight is 462 g/mol. The van der Waals surface area contributed by atoms with Crippen molar-refractivity contribution < 1.29 is 5.11 Å². The van der Waals surface area contributed by atoms with E-state index in [1.807, 2.05) is 26.0 Å². The average Bonchev–Trinajstić information content (AvgIpc) is 2.10. The number of hydrogen-bond donors (Lipinski definition) is 1. The van der Waals surface area contributed by atoms with Crippen LogP contribution in [0.1, 0.15) is 16.7 Å². The van der Waals surface area contributed by atoms with E-state index < -0.39 is 0 Å². The summed E-state index contributed by atoms with van der Waals surface area (Å²) in [6, 6.07) is 4.07. The molecule has 0 aliphatic carbocycles. The number of aryl methyl sites for hydroxylation is 2. The Morgan fingerprint density at radius 2 is 1.79 bits per heavy atom. The SMILES string of the molecule is [CH2-]CSCc1cc(C)c(O)c(C)c1.[Rf]. The number of phenols is 1. The predicted molar refractivity (Wildman–Crippen MR) is 59.1 cm³/mol. The van der Waals surface area contributed by atoms with Crippen molar-refractivity contribution in [3.8, 4) is 5.75 Å². The van der Waals surface area contributed by atoms with E-state index in [-0.39, 0.29) is 0 Å². The van der Waals surface area contributed by atoms with Gasteiger partial charge in [0.1, 0.15) is 5.75 Å². The molecule has 1 N–H and O–H groups in total. The third kappa shape index (κ3) is 2.70. The first kappa shape index (κ1) is 12.4. The molecule has 0 aromatic heterocycles. The molecule has 0 saturated carbocycles. The molecular formula is C11H15ORfS-. The third-order valence-corrected chi connectivity index (χ3v) is 2.79. The van der Waals surface area contributed by atoms with E-state index >= 15 is 0 Å². The van der Waals surface area contributed by atoms with E-state index in [9.17, 15) is 5.11 Å². The molecule has 0 atom stereocenters. The Balaban J connectivity index is 0.00000169. The second-order valence-electron chi connectivity index (χ2n) is 3.13. The summed E-state index contributed by atoms with van der Waals surface area (Å²) in [6.45, 7) is 7.64. The Bertz CT molecular complexity index is 276. The van der Waals surface area contributed by atoms with E-state index in [2.05, 4.69) is 6.92 Å². The van der Waals surface area contributed by atoms with Crippen LogP contribution >= 0.6 is 11.8 Å². The smallest absolute Gasteiger partial charge is 0.121 e. The molecule has 0 aliphatic heterocycles. The first-order chi connectivity index (χ1) is 6.15. The fraction of sp³-hybridized carbons (Fsp3) is 0.364. The van der Waals surface area contributed by atoms with Crippen LogP contribution in [0, 0.1) is 20.8 Å². The molecule has 0 bridgehead atoms. The van der Waals surface area contributed by atoms with Gasteiger partial charge < -0.3 is 12.0 Å². The van der Waals surface area contributed by atoms with Gasteiger partial charge in [-0.15, -0.1) is 5.75 Å². The maximum absolute atomic E-state index is 9.54. The van der Waals surface area contributed by atoms with Gasteiger partial charge in [-0.1, -0.05) is 12.1 Å². The number of hydrogen-bond acceptors (Lipinski definition) is 2. The summed E-state index contributed by atoms with van der Waals surface area (Å²) in [5.74, 6) is 2.29. The molecule has 0 spiro atoms. The molecule has 1 aromatic carbocycles. The zero-order valence-corrected chi connectivity index (χ0v) is 16.1. The van der Waals surface area contributed by atoms with Crippen LogP contribution < -0.4 is 0 Å². The van der Waals surface area contributed by atoms with Crippen molar-refractivity contribution in [1.29, 1.82) is 0 Å². The quantitative estimate of drug-likeness (QED) is 0.698. The number of benzene rings is 1. The van der Waals surface area contributed by atoms with Gasteiger partial charge in [0, 0.05) is 5.75 Å². The standard InChI is InChI=1S/C11H15OS.Rf/c1-4-13-7-10-5-8(2)11(12)9(3)6-10;/h5-6,12H,1,4,7H2,2-3H3;/q-1;. The fourth-order valence-corrected chi connectivity index (χ4v) is 1.87. The van der Waals surface area contributed by atoms with Gasteiger partial charge >= 0.3 is 0 Å². The van der Waals surface area contributed by atoms with Crippen molar-refractivity contribution in [3.05, 3.63) is 35.7 Å². The normalized spacial score (nSPS) is 9.64. The molecule has 0 saturated heterocycles. The largest absolute Gasteiger partial charge is 0.507 e. The molecule has 0 radical (unpaired) electrons. The molecule has 0 heterocycles. The summed E-state index contributed by atoms with van der Waals surface area (Å²) in [6.07, 6.45) is 0. The molecule has 3 heteroatoms. The van der Waals surface area contributed by atoms with Crippen LogP contribution in [-0.4, -0.2) is 10.9 Å². The molecule has 1 nitrogen and oxygen atoms in total. The Hall–Kier alpha value is -1.63. The zero-order valence-electron chi connectivity index (χ0n) is 8.84. The van der Waals surface area contributed by atoms with E-state index in [1.165, 1.54) is 5.56 Å². The Morgan fingerprint density at radius 3 is 2.21 bits per heavy atom. The summed E-state index contributed by atoms with van der Waals surface area (Å²) >= 11 is 1.79. The van der Waals surface area contributed by atoms with E-state index in [4.69, 9.17) is 0 Å². The molecular weight excluding hydrogens is 447 g/mol. The van der Waals surface area contributed by atoms with Crippen LogP contribution in [0.5, 0.6) is 5.75 Å². The fourth-order valence-electron chi connectivity index (χ4n) is 1.32. The molecule has 1 rings (SSSR count). The second-order valence-corrected chi connectivity index (χ2v) is 4.24. The maximum atomic E-state index is 9.54. The van der Waals surface area contributed by atoms with Crippen LogP contribution in [0.3, 0.4) is 0 Å². The number of aromatic hydroxyl groups is 1. The number of thioether (sulfide) groups is 1. The third-order valence-electron chi connectivity index (χ3n) is 1.96. The van der Waals surface area contributed by atoms with E-state index in [1.54, 1.807) is 11.8 Å². The van der Waals surface area contributed by atoms with Crippen LogP contribution in [0.2, 0.25) is 0 Å². The van der Waals surface area contributed by atoms with Crippen molar-refractivity contribution in [2.45, 2.75) is 19.6 Å². The zero-order chi connectivity index (χ0) is 9.84. The van der Waals surface area contributed by atoms with Gasteiger partial charge in [0.25, 0.3) is 0 Å². The summed E-state index contributed by atoms with van der Waals surface area (Å²) in [4.78, 5) is 0. The monoisotopic (exact) mass is 462 g/mol. The van der Waals surface area contributed by atoms with E-state index in [0.29, 0.717) is 5.75 Å². The van der Waals surface area contributed by atoms with Crippen LogP contribution in [-0.2, 0) is 5.75 Å². The second kappa shape index (κ2) is 5.18. The van der Waals surface area contributed by atoms with Gasteiger partial charge in [-0.2, -0.15) is 11.8 Å². The molecule has 0 amide bonds. The predicted octanol–water partition coefficient (Wildman–Crippen LogP) is 3.08. The maximum Gasteiger partial charge on any atom is 0.121 e. The van der Waals surface area contributed by atoms with Crippen molar-refractivity contribution in [1.82, 2.24) is 0 Å². The van der Waals surface area contributed by atoms with Crippen LogP contribution in [0.15, 0.2) is 12.1 Å². The molecule has 14 heavy (non-hydrogen) atoms. The molecule has 0 aliphatic rings. The van der Waals surface area contributed by atoms with Gasteiger partial charge in [-0.3, -0.25) is 0 Å². The van der Waals surface area contributed by atoms with Gasteiger partial charge in [-0.25, -0.2) is 0 Å². The Labute approximate surface area is 84.2 Å². The van der Waals surface area contributed by atoms with Crippen LogP contribution in [0.4, 0.5) is 0 Å². The topological polar surface area (TPSA) is 20.2 Å². The van der Waals surface area contributed by atoms with E-state index in [0.717, 1.165) is 22.6 Å². The minimum Gasteiger partial charge on any atom is -0.507 e. The molecule has 74 valence electrons. The molecule has 0 fully saturated rings. The molecule has 1 aromatic rings. The summed E-state index contributed by atoms with van der Waals surface area (Å²) in [5.41, 5.74) is 3.18. The van der Waals surface area contributed by atoms with Crippen LogP contribution in [0.25, 0.3) is 0 Å². The Morgan fingerprint density at radius 1 is 1.29 bits per heavy atom. The summed E-state index contributed by atoms with van der Waals surface area (Å²) < 4.78 is 0. The Kier molecular flexibility index (Phi) is 4.57. The van der Waals surface area contributed by atoms with Gasteiger partial charge in [-0.05, 0) is 30.5 Å². The first-order valence-corrected chi connectivity index (χ1v) is 5.46. The minimum atomic E-state index is 0. The first-order valence-electron chi connectivity index (χ1n) is 4.31. The minimum absolute atomic E-state index is 0. The van der Waals surface area contributed by atoms with Gasteiger partial charge in [0.15, 0.2) is 0 Å². The van der Waals surface area contributed by atoms with Gasteiger partial charge in [0.05, 0.1) is 0 Å². The van der Waals surface area contributed by atoms with Crippen molar-refractivity contribution in [2.24, 2.45) is 0 Å². The summed E-state index contributed by atoms with van der Waals surface area (Å²) in [5, 5.41) is 9.54.